The Balaban J connectivity index is 2.75. The van der Waals surface area contributed by atoms with Crippen LogP contribution in [0.1, 0.15) is 26.5 Å². The van der Waals surface area contributed by atoms with Gasteiger partial charge in [-0.05, 0) is 5.92 Å². The standard InChI is InChI=1S/C10H17N3S/c1-7(2)8(3)14-10-9(6-11)12-4-5-13-10/h4-5,7-8H,6,11H2,1-3H3. The fraction of sp³-hybridized carbons (Fsp3) is 0.600. The van der Waals surface area contributed by atoms with E-state index in [1.807, 2.05) is 0 Å². The van der Waals surface area contributed by atoms with Gasteiger partial charge in [-0.1, -0.05) is 20.8 Å². The van der Waals surface area contributed by atoms with Crippen molar-refractivity contribution in [1.82, 2.24) is 9.97 Å². The van der Waals surface area contributed by atoms with Gasteiger partial charge < -0.3 is 5.73 Å². The molecule has 0 saturated carbocycles. The van der Waals surface area contributed by atoms with Crippen LogP contribution in [0.3, 0.4) is 0 Å². The van der Waals surface area contributed by atoms with E-state index >= 15 is 0 Å². The molecule has 0 aromatic carbocycles. The van der Waals surface area contributed by atoms with Crippen LogP contribution < -0.4 is 5.73 Å². The van der Waals surface area contributed by atoms with Crippen LogP contribution in [0.25, 0.3) is 0 Å². The van der Waals surface area contributed by atoms with Gasteiger partial charge in [-0.15, -0.1) is 11.8 Å². The number of rotatable bonds is 4. The van der Waals surface area contributed by atoms with E-state index in [1.54, 1.807) is 24.2 Å². The highest BCUT2D eigenvalue weighted by Gasteiger charge is 2.12. The predicted octanol–water partition coefficient (Wildman–Crippen LogP) is 2.07. The van der Waals surface area contributed by atoms with E-state index in [-0.39, 0.29) is 0 Å². The molecular formula is C10H17N3S. The van der Waals surface area contributed by atoms with Crippen LogP contribution in [0, 0.1) is 5.92 Å². The molecule has 1 heterocycles. The quantitative estimate of drug-likeness (QED) is 0.775. The second-order valence-electron chi connectivity index (χ2n) is 3.58. The van der Waals surface area contributed by atoms with Crippen molar-refractivity contribution < 1.29 is 0 Å². The number of aromatic nitrogens is 2. The van der Waals surface area contributed by atoms with Gasteiger partial charge in [0.15, 0.2) is 0 Å². The van der Waals surface area contributed by atoms with Crippen molar-refractivity contribution in [3.8, 4) is 0 Å². The molecule has 0 saturated heterocycles. The number of hydrogen-bond donors (Lipinski definition) is 1. The Morgan fingerprint density at radius 3 is 2.50 bits per heavy atom. The summed E-state index contributed by atoms with van der Waals surface area (Å²) in [6.45, 7) is 7.07. The van der Waals surface area contributed by atoms with Gasteiger partial charge in [0.2, 0.25) is 0 Å². The van der Waals surface area contributed by atoms with Gasteiger partial charge in [0.25, 0.3) is 0 Å². The Hall–Kier alpha value is -0.610. The molecule has 0 bridgehead atoms. The summed E-state index contributed by atoms with van der Waals surface area (Å²) in [6.07, 6.45) is 3.40. The minimum Gasteiger partial charge on any atom is -0.325 e. The fourth-order valence-corrected chi connectivity index (χ4v) is 1.92. The summed E-state index contributed by atoms with van der Waals surface area (Å²) < 4.78 is 0. The van der Waals surface area contributed by atoms with E-state index in [0.717, 1.165) is 10.7 Å². The van der Waals surface area contributed by atoms with Gasteiger partial charge in [-0.3, -0.25) is 4.98 Å². The lowest BCUT2D eigenvalue weighted by molar-refractivity contribution is 0.640. The maximum absolute atomic E-state index is 5.59. The predicted molar refractivity (Wildman–Crippen MR) is 60.1 cm³/mol. The number of nitrogens with two attached hydrogens (primary N) is 1. The maximum atomic E-state index is 5.59. The molecule has 0 aliphatic rings. The molecule has 1 aromatic heterocycles. The molecule has 1 rings (SSSR count). The smallest absolute Gasteiger partial charge is 0.119 e. The molecule has 14 heavy (non-hydrogen) atoms. The Morgan fingerprint density at radius 2 is 1.93 bits per heavy atom. The van der Waals surface area contributed by atoms with E-state index in [9.17, 15) is 0 Å². The number of nitrogens with zero attached hydrogens (tertiary/aromatic N) is 2. The monoisotopic (exact) mass is 211 g/mol. The van der Waals surface area contributed by atoms with Crippen LogP contribution in [0.5, 0.6) is 0 Å². The topological polar surface area (TPSA) is 51.8 Å². The molecule has 0 radical (unpaired) electrons. The van der Waals surface area contributed by atoms with Crippen molar-refractivity contribution in [2.45, 2.75) is 37.6 Å². The highest BCUT2D eigenvalue weighted by Crippen LogP contribution is 2.27. The van der Waals surface area contributed by atoms with Crippen LogP contribution in [0.4, 0.5) is 0 Å². The van der Waals surface area contributed by atoms with Crippen LogP contribution in [0.15, 0.2) is 17.4 Å². The first kappa shape index (κ1) is 11.5. The van der Waals surface area contributed by atoms with Crippen molar-refractivity contribution in [3.05, 3.63) is 18.1 Å². The molecule has 78 valence electrons. The fourth-order valence-electron chi connectivity index (χ4n) is 0.905. The second-order valence-corrected chi connectivity index (χ2v) is 4.95. The molecule has 1 aromatic rings. The minimum atomic E-state index is 0.459. The van der Waals surface area contributed by atoms with Crippen LogP contribution >= 0.6 is 11.8 Å². The van der Waals surface area contributed by atoms with E-state index in [4.69, 9.17) is 5.73 Å². The summed E-state index contributed by atoms with van der Waals surface area (Å²) in [5, 5.41) is 1.51. The molecule has 0 aliphatic heterocycles. The van der Waals surface area contributed by atoms with E-state index in [0.29, 0.717) is 17.7 Å². The lowest BCUT2D eigenvalue weighted by Gasteiger charge is -2.15. The van der Waals surface area contributed by atoms with E-state index < -0.39 is 0 Å². The average Bonchev–Trinajstić information content (AvgIpc) is 2.18. The first-order valence-corrected chi connectivity index (χ1v) is 5.69. The van der Waals surface area contributed by atoms with Gasteiger partial charge in [-0.2, -0.15) is 0 Å². The molecule has 3 nitrogen and oxygen atoms in total. The van der Waals surface area contributed by atoms with Crippen molar-refractivity contribution in [1.29, 1.82) is 0 Å². The SMILES string of the molecule is CC(C)C(C)Sc1nccnc1CN. The summed E-state index contributed by atoms with van der Waals surface area (Å²) in [5.74, 6) is 0.632. The van der Waals surface area contributed by atoms with Crippen LogP contribution in [-0.2, 0) is 6.54 Å². The van der Waals surface area contributed by atoms with Crippen molar-refractivity contribution >= 4 is 11.8 Å². The molecule has 0 amide bonds. The Morgan fingerprint density at radius 1 is 1.29 bits per heavy atom. The third kappa shape index (κ3) is 2.96. The molecule has 4 heteroatoms. The van der Waals surface area contributed by atoms with Gasteiger partial charge in [0.1, 0.15) is 5.03 Å². The Labute approximate surface area is 89.5 Å². The zero-order valence-electron chi connectivity index (χ0n) is 8.90. The number of hydrogen-bond acceptors (Lipinski definition) is 4. The first-order valence-electron chi connectivity index (χ1n) is 4.81. The first-order chi connectivity index (χ1) is 6.65. The average molecular weight is 211 g/mol. The van der Waals surface area contributed by atoms with Gasteiger partial charge in [-0.25, -0.2) is 4.98 Å². The van der Waals surface area contributed by atoms with Crippen LogP contribution in [0.2, 0.25) is 0 Å². The molecule has 1 atom stereocenters. The largest absolute Gasteiger partial charge is 0.325 e. The molecule has 0 aliphatic carbocycles. The number of thioether (sulfide) groups is 1. The summed E-state index contributed by atoms with van der Waals surface area (Å²) in [5.41, 5.74) is 6.48. The van der Waals surface area contributed by atoms with Gasteiger partial charge in [0, 0.05) is 24.2 Å². The van der Waals surface area contributed by atoms with E-state index in [1.165, 1.54) is 0 Å². The summed E-state index contributed by atoms with van der Waals surface area (Å²) >= 11 is 1.75. The zero-order chi connectivity index (χ0) is 10.6. The normalized spacial score (nSPS) is 13.2. The Bertz CT molecular complexity index is 288. The highest BCUT2D eigenvalue weighted by molar-refractivity contribution is 7.99. The van der Waals surface area contributed by atoms with Gasteiger partial charge >= 0.3 is 0 Å². The summed E-state index contributed by atoms with van der Waals surface area (Å²) in [6, 6.07) is 0. The summed E-state index contributed by atoms with van der Waals surface area (Å²) in [7, 11) is 0. The van der Waals surface area contributed by atoms with Gasteiger partial charge in [0.05, 0.1) is 5.69 Å². The molecule has 1 unspecified atom stereocenters. The lowest BCUT2D eigenvalue weighted by atomic mass is 10.2. The van der Waals surface area contributed by atoms with Crippen molar-refractivity contribution in [3.63, 3.8) is 0 Å². The second kappa shape index (κ2) is 5.32. The minimum absolute atomic E-state index is 0.459. The third-order valence-corrected chi connectivity index (χ3v) is 3.65. The van der Waals surface area contributed by atoms with E-state index in [2.05, 4.69) is 30.7 Å². The molecular weight excluding hydrogens is 194 g/mol. The third-order valence-electron chi connectivity index (χ3n) is 2.17. The molecule has 0 fully saturated rings. The summed E-state index contributed by atoms with van der Waals surface area (Å²) in [4.78, 5) is 8.49. The molecule has 0 spiro atoms. The lowest BCUT2D eigenvalue weighted by Crippen LogP contribution is -2.09. The highest BCUT2D eigenvalue weighted by atomic mass is 32.2. The zero-order valence-corrected chi connectivity index (χ0v) is 9.71. The maximum Gasteiger partial charge on any atom is 0.119 e. The Kier molecular flexibility index (Phi) is 4.35. The molecule has 2 N–H and O–H groups in total. The van der Waals surface area contributed by atoms with Crippen molar-refractivity contribution in [2.24, 2.45) is 11.7 Å². The van der Waals surface area contributed by atoms with Crippen molar-refractivity contribution in [2.75, 3.05) is 0 Å². The van der Waals surface area contributed by atoms with Crippen LogP contribution in [-0.4, -0.2) is 15.2 Å².